The van der Waals surface area contributed by atoms with Gasteiger partial charge in [0.05, 0.1) is 16.8 Å². The van der Waals surface area contributed by atoms with Crippen molar-refractivity contribution >= 4 is 34.5 Å². The summed E-state index contributed by atoms with van der Waals surface area (Å²) in [6.45, 7) is 0.518. The Kier molecular flexibility index (Phi) is 6.66. The van der Waals surface area contributed by atoms with Crippen LogP contribution in [0.3, 0.4) is 0 Å². The molecule has 144 valence electrons. The van der Waals surface area contributed by atoms with E-state index in [9.17, 15) is 9.59 Å². The Morgan fingerprint density at radius 2 is 1.82 bits per heavy atom. The standard InChI is InChI=1S/C22H23N3O2S/c1-25(2)20(26)15-28-19-11-4-3-10-18(19)22(27)24-14-12-17-8-5-7-16-9-6-13-23-21(16)17/h3-11,13H,12,14-15H2,1-2H3,(H,24,27). The monoisotopic (exact) mass is 393 g/mol. The van der Waals surface area contributed by atoms with Gasteiger partial charge in [-0.25, -0.2) is 0 Å². The molecular weight excluding hydrogens is 370 g/mol. The molecule has 0 fully saturated rings. The van der Waals surface area contributed by atoms with Crippen molar-refractivity contribution in [1.82, 2.24) is 15.2 Å². The molecule has 2 aromatic carbocycles. The molecule has 3 aromatic rings. The van der Waals surface area contributed by atoms with Crippen LogP contribution in [0.5, 0.6) is 0 Å². The predicted molar refractivity (Wildman–Crippen MR) is 114 cm³/mol. The second-order valence-electron chi connectivity index (χ2n) is 6.57. The van der Waals surface area contributed by atoms with Crippen molar-refractivity contribution in [2.75, 3.05) is 26.4 Å². The number of amides is 2. The summed E-state index contributed by atoms with van der Waals surface area (Å²) in [6.07, 6.45) is 2.49. The van der Waals surface area contributed by atoms with E-state index in [2.05, 4.69) is 10.3 Å². The number of pyridine rings is 1. The highest BCUT2D eigenvalue weighted by Crippen LogP contribution is 2.23. The highest BCUT2D eigenvalue weighted by molar-refractivity contribution is 8.00. The highest BCUT2D eigenvalue weighted by Gasteiger charge is 2.13. The van der Waals surface area contributed by atoms with Gasteiger partial charge in [0.15, 0.2) is 0 Å². The number of rotatable bonds is 7. The van der Waals surface area contributed by atoms with Crippen LogP contribution in [0.1, 0.15) is 15.9 Å². The number of thioether (sulfide) groups is 1. The summed E-state index contributed by atoms with van der Waals surface area (Å²) in [7, 11) is 3.45. The van der Waals surface area contributed by atoms with Crippen molar-refractivity contribution in [3.05, 3.63) is 71.9 Å². The van der Waals surface area contributed by atoms with Crippen LogP contribution in [0.4, 0.5) is 0 Å². The SMILES string of the molecule is CN(C)C(=O)CSc1ccccc1C(=O)NCCc1cccc2cccnc12. The quantitative estimate of drug-likeness (QED) is 0.625. The van der Waals surface area contributed by atoms with E-state index in [0.717, 1.165) is 21.4 Å². The Balaban J connectivity index is 1.63. The molecule has 0 saturated carbocycles. The van der Waals surface area contributed by atoms with Crippen LogP contribution in [0.15, 0.2) is 65.7 Å². The number of hydrogen-bond donors (Lipinski definition) is 1. The predicted octanol–water partition coefficient (Wildman–Crippen LogP) is 3.39. The zero-order valence-electron chi connectivity index (χ0n) is 16.0. The van der Waals surface area contributed by atoms with Gasteiger partial charge in [0.1, 0.15) is 0 Å². The number of nitrogens with one attached hydrogen (secondary N) is 1. The van der Waals surface area contributed by atoms with E-state index in [0.29, 0.717) is 24.3 Å². The Labute approximate surface area is 169 Å². The molecule has 0 aliphatic heterocycles. The summed E-state index contributed by atoms with van der Waals surface area (Å²) in [5.41, 5.74) is 2.67. The van der Waals surface area contributed by atoms with Gasteiger partial charge in [-0.15, -0.1) is 11.8 Å². The maximum Gasteiger partial charge on any atom is 0.252 e. The van der Waals surface area contributed by atoms with Crippen molar-refractivity contribution in [1.29, 1.82) is 0 Å². The Morgan fingerprint density at radius 1 is 1.04 bits per heavy atom. The number of carbonyl (C=O) groups is 2. The molecule has 1 aromatic heterocycles. The molecule has 0 spiro atoms. The fraction of sp³-hybridized carbons (Fsp3) is 0.227. The van der Waals surface area contributed by atoms with Crippen LogP contribution in [-0.2, 0) is 11.2 Å². The second kappa shape index (κ2) is 9.37. The van der Waals surface area contributed by atoms with Gasteiger partial charge in [0.2, 0.25) is 5.91 Å². The van der Waals surface area contributed by atoms with E-state index in [4.69, 9.17) is 0 Å². The van der Waals surface area contributed by atoms with Crippen molar-refractivity contribution in [2.45, 2.75) is 11.3 Å². The maximum absolute atomic E-state index is 12.7. The van der Waals surface area contributed by atoms with Gasteiger partial charge in [-0.3, -0.25) is 14.6 Å². The smallest absolute Gasteiger partial charge is 0.252 e. The van der Waals surface area contributed by atoms with E-state index in [1.54, 1.807) is 31.3 Å². The highest BCUT2D eigenvalue weighted by atomic mass is 32.2. The first kappa shape index (κ1) is 19.9. The zero-order chi connectivity index (χ0) is 19.9. The Hall–Kier alpha value is -2.86. The molecule has 0 atom stereocenters. The van der Waals surface area contributed by atoms with Gasteiger partial charge in [0.25, 0.3) is 5.91 Å². The summed E-state index contributed by atoms with van der Waals surface area (Å²) >= 11 is 1.38. The van der Waals surface area contributed by atoms with Gasteiger partial charge in [-0.1, -0.05) is 36.4 Å². The summed E-state index contributed by atoms with van der Waals surface area (Å²) in [4.78, 5) is 31.3. The van der Waals surface area contributed by atoms with Crippen LogP contribution < -0.4 is 5.32 Å². The number of fused-ring (bicyclic) bond motifs is 1. The van der Waals surface area contributed by atoms with Crippen LogP contribution >= 0.6 is 11.8 Å². The third-order valence-electron chi connectivity index (χ3n) is 4.38. The Bertz CT molecular complexity index is 983. The van der Waals surface area contributed by atoms with Crippen LogP contribution in [0, 0.1) is 0 Å². The zero-order valence-corrected chi connectivity index (χ0v) is 16.8. The molecule has 2 amide bonds. The first-order chi connectivity index (χ1) is 13.6. The van der Waals surface area contributed by atoms with Gasteiger partial charge >= 0.3 is 0 Å². The van der Waals surface area contributed by atoms with Crippen molar-refractivity contribution < 1.29 is 9.59 Å². The van der Waals surface area contributed by atoms with Crippen molar-refractivity contribution in [3.63, 3.8) is 0 Å². The van der Waals surface area contributed by atoms with E-state index in [1.165, 1.54) is 11.8 Å². The number of nitrogens with zero attached hydrogens (tertiary/aromatic N) is 2. The molecule has 0 unspecified atom stereocenters. The Morgan fingerprint density at radius 3 is 2.64 bits per heavy atom. The number of para-hydroxylation sites is 1. The van der Waals surface area contributed by atoms with Crippen molar-refractivity contribution in [2.24, 2.45) is 0 Å². The molecule has 1 N–H and O–H groups in total. The third kappa shape index (κ3) is 4.89. The van der Waals surface area contributed by atoms with E-state index in [1.807, 2.05) is 48.5 Å². The molecule has 0 bridgehead atoms. The largest absolute Gasteiger partial charge is 0.352 e. The summed E-state index contributed by atoms with van der Waals surface area (Å²) < 4.78 is 0. The average molecular weight is 394 g/mol. The minimum absolute atomic E-state index is 0.0173. The molecule has 28 heavy (non-hydrogen) atoms. The fourth-order valence-corrected chi connectivity index (χ4v) is 3.85. The summed E-state index contributed by atoms with van der Waals surface area (Å²) in [5.74, 6) is 0.191. The molecule has 0 saturated heterocycles. The van der Waals surface area contributed by atoms with Gasteiger partial charge in [0, 0.05) is 37.1 Å². The maximum atomic E-state index is 12.7. The molecular formula is C22H23N3O2S. The van der Waals surface area contributed by atoms with Crippen LogP contribution in [0.2, 0.25) is 0 Å². The van der Waals surface area contributed by atoms with Crippen LogP contribution in [0.25, 0.3) is 10.9 Å². The lowest BCUT2D eigenvalue weighted by atomic mass is 10.1. The minimum Gasteiger partial charge on any atom is -0.352 e. The minimum atomic E-state index is -0.131. The molecule has 1 heterocycles. The molecule has 0 aliphatic rings. The molecule has 6 heteroatoms. The molecule has 0 radical (unpaired) electrons. The van der Waals surface area contributed by atoms with E-state index >= 15 is 0 Å². The van der Waals surface area contributed by atoms with Crippen molar-refractivity contribution in [3.8, 4) is 0 Å². The first-order valence-electron chi connectivity index (χ1n) is 9.09. The summed E-state index contributed by atoms with van der Waals surface area (Å²) in [6, 6.07) is 17.4. The molecule has 0 aliphatic carbocycles. The van der Waals surface area contributed by atoms with Gasteiger partial charge < -0.3 is 10.2 Å². The number of benzene rings is 2. The lowest BCUT2D eigenvalue weighted by Gasteiger charge is -2.12. The summed E-state index contributed by atoms with van der Waals surface area (Å²) in [5, 5.41) is 4.08. The fourth-order valence-electron chi connectivity index (χ4n) is 2.82. The van der Waals surface area contributed by atoms with Gasteiger partial charge in [-0.2, -0.15) is 0 Å². The first-order valence-corrected chi connectivity index (χ1v) is 10.1. The third-order valence-corrected chi connectivity index (χ3v) is 5.44. The number of carbonyl (C=O) groups excluding carboxylic acids is 2. The number of aromatic nitrogens is 1. The van der Waals surface area contributed by atoms with E-state index in [-0.39, 0.29) is 11.8 Å². The lowest BCUT2D eigenvalue weighted by Crippen LogP contribution is -2.26. The molecule has 5 nitrogen and oxygen atoms in total. The number of hydrogen-bond acceptors (Lipinski definition) is 4. The lowest BCUT2D eigenvalue weighted by molar-refractivity contribution is -0.125. The van der Waals surface area contributed by atoms with Crippen LogP contribution in [-0.4, -0.2) is 48.1 Å². The topological polar surface area (TPSA) is 62.3 Å². The average Bonchev–Trinajstić information content (AvgIpc) is 2.72. The normalized spacial score (nSPS) is 10.6. The second-order valence-corrected chi connectivity index (χ2v) is 7.59. The van der Waals surface area contributed by atoms with Gasteiger partial charge in [-0.05, 0) is 30.2 Å². The molecule has 3 rings (SSSR count). The van der Waals surface area contributed by atoms with E-state index < -0.39 is 0 Å².